The maximum atomic E-state index is 13.3. The van der Waals surface area contributed by atoms with Gasteiger partial charge in [0.15, 0.2) is 0 Å². The predicted octanol–water partition coefficient (Wildman–Crippen LogP) is 4.36. The predicted molar refractivity (Wildman–Crippen MR) is 143 cm³/mol. The molecule has 5 rings (SSSR count). The average Bonchev–Trinajstić information content (AvgIpc) is 3.28. The van der Waals surface area contributed by atoms with E-state index in [1.807, 2.05) is 24.3 Å². The second kappa shape index (κ2) is 9.12. The van der Waals surface area contributed by atoms with Crippen molar-refractivity contribution in [3.05, 3.63) is 109 Å². The van der Waals surface area contributed by atoms with Gasteiger partial charge in [0.05, 0.1) is 33.0 Å². The van der Waals surface area contributed by atoms with Gasteiger partial charge in [0.25, 0.3) is 15.6 Å². The molecule has 0 radical (unpaired) electrons. The fraction of sp³-hybridized carbons (Fsp3) is 0.120. The lowest BCUT2D eigenvalue weighted by Crippen LogP contribution is -2.23. The molecule has 0 aliphatic rings. The number of aromatic nitrogens is 3. The van der Waals surface area contributed by atoms with Crippen molar-refractivity contribution in [2.45, 2.75) is 18.4 Å². The first-order valence-electron chi connectivity index (χ1n) is 10.9. The Morgan fingerprint density at radius 1 is 0.972 bits per heavy atom. The zero-order valence-corrected chi connectivity index (χ0v) is 21.7. The van der Waals surface area contributed by atoms with Crippen molar-refractivity contribution in [1.29, 1.82) is 0 Å². The molecule has 1 N–H and O–H groups in total. The van der Waals surface area contributed by atoms with E-state index in [4.69, 9.17) is 11.6 Å². The van der Waals surface area contributed by atoms with Crippen molar-refractivity contribution < 1.29 is 8.42 Å². The smallest absolute Gasteiger partial charge is 0.294 e. The normalized spacial score (nSPS) is 11.8. The first kappa shape index (κ1) is 24.1. The summed E-state index contributed by atoms with van der Waals surface area (Å²) < 4.78 is 34.1. The first-order valence-corrected chi connectivity index (χ1v) is 13.6. The van der Waals surface area contributed by atoms with Gasteiger partial charge in [0, 0.05) is 12.1 Å². The first-order chi connectivity index (χ1) is 17.2. The van der Waals surface area contributed by atoms with Gasteiger partial charge in [-0.25, -0.2) is 13.1 Å². The summed E-state index contributed by atoms with van der Waals surface area (Å²) in [5, 5.41) is 0.548. The number of anilines is 1. The number of sulfonamides is 1. The van der Waals surface area contributed by atoms with Crippen molar-refractivity contribution >= 4 is 48.9 Å². The molecule has 0 atom stereocenters. The van der Waals surface area contributed by atoms with E-state index in [9.17, 15) is 18.0 Å². The molecule has 0 fully saturated rings. The molecule has 2 heterocycles. The highest BCUT2D eigenvalue weighted by Gasteiger charge is 2.23. The molecule has 8 nitrogen and oxygen atoms in total. The fourth-order valence-electron chi connectivity index (χ4n) is 4.04. The van der Waals surface area contributed by atoms with Crippen LogP contribution in [0, 0.1) is 6.92 Å². The number of hydrogen-bond acceptors (Lipinski definition) is 5. The van der Waals surface area contributed by atoms with E-state index in [0.717, 1.165) is 16.9 Å². The van der Waals surface area contributed by atoms with Crippen molar-refractivity contribution in [2.24, 2.45) is 7.05 Å². The van der Waals surface area contributed by atoms with Crippen molar-refractivity contribution in [1.82, 2.24) is 13.9 Å². The Kier molecular flexibility index (Phi) is 6.11. The second-order valence-corrected chi connectivity index (χ2v) is 11.3. The molecule has 184 valence electrons. The van der Waals surface area contributed by atoms with E-state index in [-0.39, 0.29) is 22.0 Å². The molecule has 0 unspecified atom stereocenters. The Morgan fingerprint density at radius 3 is 2.39 bits per heavy atom. The third-order valence-electron chi connectivity index (χ3n) is 6.03. The minimum absolute atomic E-state index is 0.0362. The molecule has 0 spiro atoms. The number of nitrogens with zero attached hydrogens (tertiary/aromatic N) is 3. The molecule has 0 saturated carbocycles. The van der Waals surface area contributed by atoms with E-state index >= 15 is 0 Å². The lowest BCUT2D eigenvalue weighted by molar-refractivity contribution is 0.601. The van der Waals surface area contributed by atoms with Gasteiger partial charge in [-0.15, -0.1) is 0 Å². The van der Waals surface area contributed by atoms with Crippen LogP contribution < -0.4 is 15.2 Å². The summed E-state index contributed by atoms with van der Waals surface area (Å²) in [6, 6.07) is 20.7. The lowest BCUT2D eigenvalue weighted by atomic mass is 10.2. The van der Waals surface area contributed by atoms with Crippen LogP contribution in [0.3, 0.4) is 0 Å². The molecule has 3 aromatic carbocycles. The summed E-state index contributed by atoms with van der Waals surface area (Å²) in [7, 11) is -2.42. The van der Waals surface area contributed by atoms with E-state index in [2.05, 4.69) is 4.72 Å². The zero-order chi connectivity index (χ0) is 25.6. The Morgan fingerprint density at radius 2 is 1.67 bits per heavy atom. The van der Waals surface area contributed by atoms with Crippen molar-refractivity contribution in [2.75, 3.05) is 4.72 Å². The number of hydrogen-bond donors (Lipinski definition) is 1. The summed E-state index contributed by atoms with van der Waals surface area (Å²) in [6.45, 7) is 1.94. The van der Waals surface area contributed by atoms with E-state index in [1.165, 1.54) is 16.8 Å². The van der Waals surface area contributed by atoms with Crippen LogP contribution in [0.5, 0.6) is 0 Å². The van der Waals surface area contributed by atoms with Crippen LogP contribution in [0.1, 0.15) is 11.3 Å². The molecule has 0 aliphatic carbocycles. The van der Waals surface area contributed by atoms with Crippen molar-refractivity contribution in [3.8, 4) is 5.69 Å². The van der Waals surface area contributed by atoms with E-state index in [0.29, 0.717) is 26.6 Å². The number of thiazole rings is 1. The third kappa shape index (κ3) is 4.17. The molecule has 0 saturated heterocycles. The number of fused-ring (bicyclic) bond motifs is 1. The summed E-state index contributed by atoms with van der Waals surface area (Å²) in [5.74, 6) is 0. The number of rotatable bonds is 6. The fourth-order valence-corrected chi connectivity index (χ4v) is 6.38. The summed E-state index contributed by atoms with van der Waals surface area (Å²) >= 11 is 7.21. The highest BCUT2D eigenvalue weighted by molar-refractivity contribution is 7.92. The Labute approximate surface area is 215 Å². The lowest BCUT2D eigenvalue weighted by Gasteiger charge is -2.08. The minimum atomic E-state index is -4.11. The van der Waals surface area contributed by atoms with Gasteiger partial charge in [-0.1, -0.05) is 59.3 Å². The molecular formula is C25H21ClN4O4S2. The second-order valence-electron chi connectivity index (χ2n) is 8.22. The number of benzene rings is 3. The van der Waals surface area contributed by atoms with E-state index < -0.39 is 15.6 Å². The van der Waals surface area contributed by atoms with Crippen molar-refractivity contribution in [3.63, 3.8) is 0 Å². The summed E-state index contributed by atoms with van der Waals surface area (Å²) in [6.07, 6.45) is 0. The number of para-hydroxylation sites is 1. The highest BCUT2D eigenvalue weighted by Crippen LogP contribution is 2.26. The molecule has 0 aliphatic heterocycles. The van der Waals surface area contributed by atoms with Gasteiger partial charge in [-0.05, 0) is 48.9 Å². The molecular weight excluding hydrogens is 520 g/mol. The molecule has 5 aromatic rings. The van der Waals surface area contributed by atoms with Crippen LogP contribution in [0.2, 0.25) is 5.02 Å². The van der Waals surface area contributed by atoms with Crippen LogP contribution in [0.15, 0.2) is 87.3 Å². The van der Waals surface area contributed by atoms with Crippen LogP contribution in [-0.4, -0.2) is 22.3 Å². The topological polar surface area (TPSA) is 95.1 Å². The third-order valence-corrected chi connectivity index (χ3v) is 8.68. The summed E-state index contributed by atoms with van der Waals surface area (Å²) in [5.41, 5.74) is 1.95. The SMILES string of the molecule is Cc1c(NS(=O)(=O)c2ccc3c(c2)sc(=O)n3Cc2ccccc2Cl)c(=O)n(-c2ccccc2)n1C. The number of halogens is 1. The van der Waals surface area contributed by atoms with Gasteiger partial charge in [0.2, 0.25) is 0 Å². The van der Waals surface area contributed by atoms with Crippen LogP contribution in [0.4, 0.5) is 5.69 Å². The molecule has 0 bridgehead atoms. The zero-order valence-electron chi connectivity index (χ0n) is 19.3. The average molecular weight is 541 g/mol. The Balaban J connectivity index is 1.51. The van der Waals surface area contributed by atoms with Crippen LogP contribution in [0.25, 0.3) is 15.9 Å². The maximum Gasteiger partial charge on any atom is 0.308 e. The molecule has 11 heteroatoms. The molecule has 0 amide bonds. The van der Waals surface area contributed by atoms with Gasteiger partial charge in [-0.3, -0.25) is 23.6 Å². The summed E-state index contributed by atoms with van der Waals surface area (Å²) in [4.78, 5) is 25.6. The Hall–Kier alpha value is -3.60. The highest BCUT2D eigenvalue weighted by atomic mass is 35.5. The standard InChI is InChI=1S/C25H21ClN4O4S2/c1-16-23(24(31)30(28(16)2)18-9-4-3-5-10-18)27-36(33,34)19-12-13-21-22(14-19)35-25(32)29(21)15-17-8-6-7-11-20(17)26/h3-14,27H,15H2,1-2H3. The van der Waals surface area contributed by atoms with Gasteiger partial charge < -0.3 is 0 Å². The molecule has 36 heavy (non-hydrogen) atoms. The largest absolute Gasteiger partial charge is 0.308 e. The quantitative estimate of drug-likeness (QED) is 0.346. The Bertz CT molecular complexity index is 1830. The van der Waals surface area contributed by atoms with Gasteiger partial charge in [0.1, 0.15) is 5.69 Å². The number of nitrogens with one attached hydrogen (secondary N) is 1. The van der Waals surface area contributed by atoms with Crippen LogP contribution >= 0.6 is 22.9 Å². The van der Waals surface area contributed by atoms with E-state index in [1.54, 1.807) is 59.6 Å². The minimum Gasteiger partial charge on any atom is -0.294 e. The monoisotopic (exact) mass is 540 g/mol. The van der Waals surface area contributed by atoms with Gasteiger partial charge in [-0.2, -0.15) is 0 Å². The molecule has 2 aromatic heterocycles. The van der Waals surface area contributed by atoms with Crippen LogP contribution in [-0.2, 0) is 23.6 Å². The van der Waals surface area contributed by atoms with Gasteiger partial charge >= 0.3 is 4.87 Å². The maximum absolute atomic E-state index is 13.3.